The number of esters is 2. The van der Waals surface area contributed by atoms with Crippen molar-refractivity contribution in [1.29, 1.82) is 0 Å². The summed E-state index contributed by atoms with van der Waals surface area (Å²) >= 11 is 0. The SMILES string of the molecule is CCOC(=O)CC1(CC(=O)OCC)CCC(CCCC2CCCCC2)CC1. The summed E-state index contributed by atoms with van der Waals surface area (Å²) in [6.45, 7) is 4.47. The minimum absolute atomic E-state index is 0.169. The monoisotopic (exact) mass is 380 g/mol. The molecule has 0 aliphatic heterocycles. The smallest absolute Gasteiger partial charge is 0.306 e. The van der Waals surface area contributed by atoms with Crippen molar-refractivity contribution in [3.8, 4) is 0 Å². The molecule has 0 spiro atoms. The first kappa shape index (κ1) is 22.2. The molecule has 156 valence electrons. The molecule has 2 saturated carbocycles. The molecule has 0 radical (unpaired) electrons. The summed E-state index contributed by atoms with van der Waals surface area (Å²) in [6.07, 6.45) is 16.1. The van der Waals surface area contributed by atoms with Gasteiger partial charge in [0.05, 0.1) is 26.1 Å². The van der Waals surface area contributed by atoms with E-state index in [2.05, 4.69) is 0 Å². The van der Waals surface area contributed by atoms with Gasteiger partial charge in [0.2, 0.25) is 0 Å². The molecule has 0 saturated heterocycles. The van der Waals surface area contributed by atoms with Crippen LogP contribution >= 0.6 is 0 Å². The van der Waals surface area contributed by atoms with Crippen molar-refractivity contribution < 1.29 is 19.1 Å². The lowest BCUT2D eigenvalue weighted by Gasteiger charge is -2.39. The fourth-order valence-corrected chi connectivity index (χ4v) is 5.20. The Balaban J connectivity index is 1.79. The molecular weight excluding hydrogens is 340 g/mol. The van der Waals surface area contributed by atoms with Gasteiger partial charge < -0.3 is 9.47 Å². The molecule has 0 atom stereocenters. The predicted octanol–water partition coefficient (Wildman–Crippen LogP) is 5.82. The molecule has 2 fully saturated rings. The van der Waals surface area contributed by atoms with Gasteiger partial charge in [-0.25, -0.2) is 0 Å². The average Bonchev–Trinajstić information content (AvgIpc) is 2.64. The highest BCUT2D eigenvalue weighted by Crippen LogP contribution is 2.46. The van der Waals surface area contributed by atoms with Crippen molar-refractivity contribution >= 4 is 11.9 Å². The Morgan fingerprint density at radius 2 is 1.26 bits per heavy atom. The highest BCUT2D eigenvalue weighted by atomic mass is 16.5. The van der Waals surface area contributed by atoms with Crippen molar-refractivity contribution in [2.45, 2.75) is 104 Å². The number of hydrogen-bond acceptors (Lipinski definition) is 4. The first-order chi connectivity index (χ1) is 13.1. The van der Waals surface area contributed by atoms with Crippen LogP contribution in [0.1, 0.15) is 104 Å². The zero-order chi connectivity index (χ0) is 19.5. The van der Waals surface area contributed by atoms with E-state index >= 15 is 0 Å². The van der Waals surface area contributed by atoms with Gasteiger partial charge in [-0.15, -0.1) is 0 Å². The third-order valence-electron chi connectivity index (χ3n) is 6.76. The van der Waals surface area contributed by atoms with Crippen LogP contribution in [0.2, 0.25) is 0 Å². The molecule has 0 N–H and O–H groups in total. The van der Waals surface area contributed by atoms with E-state index in [1.165, 1.54) is 51.4 Å². The van der Waals surface area contributed by atoms with E-state index in [1.807, 2.05) is 13.8 Å². The molecule has 4 heteroatoms. The Labute approximate surface area is 165 Å². The molecule has 0 heterocycles. The summed E-state index contributed by atoms with van der Waals surface area (Å²) in [7, 11) is 0. The van der Waals surface area contributed by atoms with Gasteiger partial charge in [-0.3, -0.25) is 9.59 Å². The third-order valence-corrected chi connectivity index (χ3v) is 6.76. The van der Waals surface area contributed by atoms with Crippen LogP contribution in [0.4, 0.5) is 0 Å². The van der Waals surface area contributed by atoms with Crippen LogP contribution in [-0.4, -0.2) is 25.2 Å². The zero-order valence-corrected chi connectivity index (χ0v) is 17.6. The van der Waals surface area contributed by atoms with Gasteiger partial charge in [0, 0.05) is 0 Å². The standard InChI is InChI=1S/C23H40O4/c1-3-26-21(24)17-23(18-22(25)27-4-2)15-13-20(14-16-23)12-8-11-19-9-6-5-7-10-19/h19-20H,3-18H2,1-2H3. The van der Waals surface area contributed by atoms with Crippen LogP contribution in [0.15, 0.2) is 0 Å². The van der Waals surface area contributed by atoms with E-state index in [0.717, 1.165) is 37.5 Å². The molecule has 0 aromatic carbocycles. The summed E-state index contributed by atoms with van der Waals surface area (Å²) in [6, 6.07) is 0. The van der Waals surface area contributed by atoms with Crippen LogP contribution in [0.25, 0.3) is 0 Å². The molecule has 0 amide bonds. The number of rotatable bonds is 10. The van der Waals surface area contributed by atoms with Crippen molar-refractivity contribution in [3.05, 3.63) is 0 Å². The fourth-order valence-electron chi connectivity index (χ4n) is 5.20. The van der Waals surface area contributed by atoms with E-state index in [-0.39, 0.29) is 17.4 Å². The van der Waals surface area contributed by atoms with E-state index in [1.54, 1.807) is 0 Å². The van der Waals surface area contributed by atoms with Gasteiger partial charge in [-0.05, 0) is 56.8 Å². The summed E-state index contributed by atoms with van der Waals surface area (Å²) < 4.78 is 10.4. The molecule has 2 rings (SSSR count). The first-order valence-corrected chi connectivity index (χ1v) is 11.4. The van der Waals surface area contributed by atoms with Gasteiger partial charge in [-0.1, -0.05) is 51.4 Å². The van der Waals surface area contributed by atoms with Crippen molar-refractivity contribution in [3.63, 3.8) is 0 Å². The molecule has 2 aliphatic rings. The molecule has 4 nitrogen and oxygen atoms in total. The second-order valence-electron chi connectivity index (χ2n) is 8.84. The van der Waals surface area contributed by atoms with Crippen LogP contribution in [0.3, 0.4) is 0 Å². The van der Waals surface area contributed by atoms with Gasteiger partial charge in [0.1, 0.15) is 0 Å². The summed E-state index contributed by atoms with van der Waals surface area (Å²) in [5, 5.41) is 0. The number of ether oxygens (including phenoxy) is 2. The fraction of sp³-hybridized carbons (Fsp3) is 0.913. The topological polar surface area (TPSA) is 52.6 Å². The van der Waals surface area contributed by atoms with Crippen LogP contribution in [0.5, 0.6) is 0 Å². The van der Waals surface area contributed by atoms with Crippen LogP contribution < -0.4 is 0 Å². The van der Waals surface area contributed by atoms with Crippen molar-refractivity contribution in [1.82, 2.24) is 0 Å². The Kier molecular flexibility index (Phi) is 9.64. The summed E-state index contributed by atoms with van der Waals surface area (Å²) in [4.78, 5) is 24.2. The van der Waals surface area contributed by atoms with Crippen LogP contribution in [-0.2, 0) is 19.1 Å². The molecular formula is C23H40O4. The molecule has 0 bridgehead atoms. The molecule has 27 heavy (non-hydrogen) atoms. The first-order valence-electron chi connectivity index (χ1n) is 11.4. The van der Waals surface area contributed by atoms with E-state index in [9.17, 15) is 9.59 Å². The second kappa shape index (κ2) is 11.7. The minimum Gasteiger partial charge on any atom is -0.466 e. The highest BCUT2D eigenvalue weighted by Gasteiger charge is 2.39. The number of carbonyl (C=O) groups is 2. The highest BCUT2D eigenvalue weighted by molar-refractivity contribution is 5.74. The lowest BCUT2D eigenvalue weighted by atomic mass is 9.66. The normalized spacial score (nSPS) is 21.0. The third kappa shape index (κ3) is 7.83. The molecule has 0 aromatic heterocycles. The average molecular weight is 381 g/mol. The van der Waals surface area contributed by atoms with Gasteiger partial charge in [0.15, 0.2) is 0 Å². The molecule has 0 unspecified atom stereocenters. The lowest BCUT2D eigenvalue weighted by Crippen LogP contribution is -2.33. The summed E-state index contributed by atoms with van der Waals surface area (Å²) in [5.74, 6) is 1.38. The minimum atomic E-state index is -0.252. The number of carbonyl (C=O) groups excluding carboxylic acids is 2. The van der Waals surface area contributed by atoms with Gasteiger partial charge in [-0.2, -0.15) is 0 Å². The predicted molar refractivity (Wildman–Crippen MR) is 107 cm³/mol. The van der Waals surface area contributed by atoms with E-state index in [4.69, 9.17) is 9.47 Å². The maximum atomic E-state index is 12.1. The Hall–Kier alpha value is -1.06. The number of hydrogen-bond donors (Lipinski definition) is 0. The van der Waals surface area contributed by atoms with E-state index in [0.29, 0.717) is 26.1 Å². The Morgan fingerprint density at radius 3 is 1.74 bits per heavy atom. The van der Waals surface area contributed by atoms with Crippen LogP contribution in [0, 0.1) is 17.3 Å². The van der Waals surface area contributed by atoms with Gasteiger partial charge >= 0.3 is 11.9 Å². The van der Waals surface area contributed by atoms with Crippen molar-refractivity contribution in [2.75, 3.05) is 13.2 Å². The lowest BCUT2D eigenvalue weighted by molar-refractivity contribution is -0.151. The van der Waals surface area contributed by atoms with E-state index < -0.39 is 0 Å². The largest absolute Gasteiger partial charge is 0.466 e. The molecule has 2 aliphatic carbocycles. The Bertz CT molecular complexity index is 423. The second-order valence-corrected chi connectivity index (χ2v) is 8.84. The Morgan fingerprint density at radius 1 is 0.778 bits per heavy atom. The zero-order valence-electron chi connectivity index (χ0n) is 17.6. The van der Waals surface area contributed by atoms with Crippen molar-refractivity contribution in [2.24, 2.45) is 17.3 Å². The molecule has 0 aromatic rings. The maximum absolute atomic E-state index is 12.1. The summed E-state index contributed by atoms with van der Waals surface area (Å²) in [5.41, 5.74) is -0.252. The van der Waals surface area contributed by atoms with Gasteiger partial charge in [0.25, 0.3) is 0 Å². The quantitative estimate of drug-likeness (QED) is 0.448. The maximum Gasteiger partial charge on any atom is 0.306 e.